The summed E-state index contributed by atoms with van der Waals surface area (Å²) >= 11 is 5.92. The number of pyridine rings is 1. The molecular weight excluding hydrogens is 265 g/mol. The lowest BCUT2D eigenvalue weighted by Crippen LogP contribution is -2.32. The average Bonchev–Trinajstić information content (AvgIpc) is 2.29. The first kappa shape index (κ1) is 13.6. The second-order valence-electron chi connectivity index (χ2n) is 4.64. The molecule has 1 aliphatic carbocycles. The van der Waals surface area contributed by atoms with E-state index in [0.717, 1.165) is 37.9 Å². The van der Waals surface area contributed by atoms with Gasteiger partial charge in [0.05, 0.1) is 16.3 Å². The molecule has 0 saturated heterocycles. The zero-order chi connectivity index (χ0) is 13.3. The van der Waals surface area contributed by atoms with Crippen LogP contribution in [0.5, 0.6) is 0 Å². The number of hydrogen-bond acceptors (Lipinski definition) is 2. The van der Waals surface area contributed by atoms with Crippen LogP contribution >= 0.6 is 11.6 Å². The minimum atomic E-state index is -4.41. The molecule has 18 heavy (non-hydrogen) atoms. The number of rotatable bonds is 1. The molecule has 0 spiro atoms. The highest BCUT2D eigenvalue weighted by molar-refractivity contribution is 6.31. The molecule has 0 radical (unpaired) electrons. The average molecular weight is 279 g/mol. The van der Waals surface area contributed by atoms with Gasteiger partial charge in [0.2, 0.25) is 0 Å². The third-order valence-corrected chi connectivity index (χ3v) is 3.67. The van der Waals surface area contributed by atoms with Crippen LogP contribution in [0.1, 0.15) is 42.9 Å². The first-order chi connectivity index (χ1) is 8.39. The van der Waals surface area contributed by atoms with Crippen molar-refractivity contribution >= 4 is 11.6 Å². The van der Waals surface area contributed by atoms with Crippen LogP contribution in [0.25, 0.3) is 0 Å². The Balaban J connectivity index is 2.29. The first-order valence-electron chi connectivity index (χ1n) is 5.88. The third kappa shape index (κ3) is 2.78. The van der Waals surface area contributed by atoms with Crippen LogP contribution in [0, 0.1) is 0 Å². The second kappa shape index (κ2) is 5.05. The molecule has 1 aromatic rings. The molecule has 2 nitrogen and oxygen atoms in total. The smallest absolute Gasteiger partial charge is 0.327 e. The van der Waals surface area contributed by atoms with Gasteiger partial charge in [0.1, 0.15) is 0 Å². The Morgan fingerprint density at radius 1 is 1.28 bits per heavy atom. The summed E-state index contributed by atoms with van der Waals surface area (Å²) in [5.74, 6) is -0.0338. The summed E-state index contributed by atoms with van der Waals surface area (Å²) in [6, 6.07) is 0.867. The maximum absolute atomic E-state index is 12.5. The van der Waals surface area contributed by atoms with Crippen molar-refractivity contribution in [3.8, 4) is 0 Å². The SMILES string of the molecule is NC1CCCCC1c1ncc(C(F)(F)F)cc1Cl. The number of halogens is 4. The van der Waals surface area contributed by atoms with Gasteiger partial charge in [-0.05, 0) is 18.9 Å². The molecule has 1 aromatic heterocycles. The van der Waals surface area contributed by atoms with Crippen molar-refractivity contribution in [2.45, 2.75) is 43.8 Å². The van der Waals surface area contributed by atoms with Crippen LogP contribution in [0.3, 0.4) is 0 Å². The highest BCUT2D eigenvalue weighted by Gasteiger charge is 2.33. The van der Waals surface area contributed by atoms with E-state index >= 15 is 0 Å². The molecule has 2 N–H and O–H groups in total. The molecule has 0 aliphatic heterocycles. The lowest BCUT2D eigenvalue weighted by Gasteiger charge is -2.28. The van der Waals surface area contributed by atoms with Gasteiger partial charge in [-0.3, -0.25) is 4.98 Å². The fourth-order valence-electron chi connectivity index (χ4n) is 2.38. The monoisotopic (exact) mass is 278 g/mol. The molecule has 2 atom stereocenters. The third-order valence-electron chi connectivity index (χ3n) is 3.37. The Morgan fingerprint density at radius 3 is 2.50 bits per heavy atom. The van der Waals surface area contributed by atoms with Gasteiger partial charge < -0.3 is 5.73 Å². The highest BCUT2D eigenvalue weighted by Crippen LogP contribution is 2.37. The van der Waals surface area contributed by atoms with Crippen molar-refractivity contribution in [1.29, 1.82) is 0 Å². The summed E-state index contributed by atoms with van der Waals surface area (Å²) in [6.07, 6.45) is 0.183. The topological polar surface area (TPSA) is 38.9 Å². The van der Waals surface area contributed by atoms with E-state index in [1.54, 1.807) is 0 Å². The van der Waals surface area contributed by atoms with Gasteiger partial charge in [-0.2, -0.15) is 13.2 Å². The Morgan fingerprint density at radius 2 is 1.94 bits per heavy atom. The van der Waals surface area contributed by atoms with Crippen LogP contribution in [-0.4, -0.2) is 11.0 Å². The van der Waals surface area contributed by atoms with Crippen molar-refractivity contribution in [1.82, 2.24) is 4.98 Å². The van der Waals surface area contributed by atoms with Crippen molar-refractivity contribution in [3.05, 3.63) is 28.5 Å². The molecule has 0 aromatic carbocycles. The zero-order valence-electron chi connectivity index (χ0n) is 9.67. The minimum absolute atomic E-state index is 0.0338. The molecule has 0 bridgehead atoms. The summed E-state index contributed by atoms with van der Waals surface area (Å²) in [4.78, 5) is 3.89. The molecular formula is C12H14ClF3N2. The molecule has 2 rings (SSSR count). The fraction of sp³-hybridized carbons (Fsp3) is 0.583. The number of alkyl halides is 3. The van der Waals surface area contributed by atoms with E-state index in [0.29, 0.717) is 5.69 Å². The standard InChI is InChI=1S/C12H14ClF3N2/c13-9-5-7(12(14,15)16)6-18-11(9)8-3-1-2-4-10(8)17/h5-6,8,10H,1-4,17H2. The molecule has 6 heteroatoms. The minimum Gasteiger partial charge on any atom is -0.327 e. The second-order valence-corrected chi connectivity index (χ2v) is 5.05. The Labute approximate surface area is 108 Å². The van der Waals surface area contributed by atoms with E-state index in [1.807, 2.05) is 0 Å². The maximum Gasteiger partial charge on any atom is 0.417 e. The lowest BCUT2D eigenvalue weighted by atomic mass is 9.82. The largest absolute Gasteiger partial charge is 0.417 e. The van der Waals surface area contributed by atoms with Gasteiger partial charge in [-0.1, -0.05) is 24.4 Å². The molecule has 0 amide bonds. The number of hydrogen-bond donors (Lipinski definition) is 1. The quantitative estimate of drug-likeness (QED) is 0.850. The predicted octanol–water partition coefficient (Wildman–Crippen LogP) is 3.74. The predicted molar refractivity (Wildman–Crippen MR) is 63.4 cm³/mol. The van der Waals surface area contributed by atoms with Crippen LogP contribution in [0.4, 0.5) is 13.2 Å². The molecule has 1 heterocycles. The maximum atomic E-state index is 12.5. The first-order valence-corrected chi connectivity index (χ1v) is 6.25. The normalized spacial score (nSPS) is 25.2. The van der Waals surface area contributed by atoms with Gasteiger partial charge >= 0.3 is 6.18 Å². The van der Waals surface area contributed by atoms with Gasteiger partial charge in [0, 0.05) is 18.2 Å². The van der Waals surface area contributed by atoms with E-state index in [4.69, 9.17) is 17.3 Å². The van der Waals surface area contributed by atoms with Gasteiger partial charge in [0.15, 0.2) is 0 Å². The van der Waals surface area contributed by atoms with E-state index in [2.05, 4.69) is 4.98 Å². The lowest BCUT2D eigenvalue weighted by molar-refractivity contribution is -0.137. The Kier molecular flexibility index (Phi) is 3.82. The fourth-order valence-corrected chi connectivity index (χ4v) is 2.68. The Hall–Kier alpha value is -0.810. The van der Waals surface area contributed by atoms with E-state index in [1.165, 1.54) is 0 Å². The van der Waals surface area contributed by atoms with E-state index in [9.17, 15) is 13.2 Å². The summed E-state index contributed by atoms with van der Waals surface area (Å²) in [5.41, 5.74) is 5.66. The highest BCUT2D eigenvalue weighted by atomic mass is 35.5. The summed E-state index contributed by atoms with van der Waals surface area (Å²) in [7, 11) is 0. The molecule has 1 saturated carbocycles. The van der Waals surface area contributed by atoms with Crippen molar-refractivity contribution < 1.29 is 13.2 Å². The molecule has 1 aliphatic rings. The molecule has 1 fully saturated rings. The number of nitrogens with two attached hydrogens (primary N) is 1. The summed E-state index contributed by atoms with van der Waals surface area (Å²) in [5, 5.41) is 0.0622. The molecule has 2 unspecified atom stereocenters. The van der Waals surface area contributed by atoms with Crippen molar-refractivity contribution in [2.24, 2.45) is 5.73 Å². The van der Waals surface area contributed by atoms with Crippen LogP contribution in [0.2, 0.25) is 5.02 Å². The zero-order valence-corrected chi connectivity index (χ0v) is 10.4. The van der Waals surface area contributed by atoms with Crippen LogP contribution in [-0.2, 0) is 6.18 Å². The van der Waals surface area contributed by atoms with Gasteiger partial charge in [0.25, 0.3) is 0 Å². The van der Waals surface area contributed by atoms with Crippen molar-refractivity contribution in [3.63, 3.8) is 0 Å². The Bertz CT molecular complexity index is 434. The van der Waals surface area contributed by atoms with E-state index in [-0.39, 0.29) is 17.0 Å². The van der Waals surface area contributed by atoms with Crippen LogP contribution < -0.4 is 5.73 Å². The number of nitrogens with zero attached hydrogens (tertiary/aromatic N) is 1. The van der Waals surface area contributed by atoms with Crippen LogP contribution in [0.15, 0.2) is 12.3 Å². The van der Waals surface area contributed by atoms with E-state index < -0.39 is 11.7 Å². The molecule has 100 valence electrons. The summed E-state index contributed by atoms with van der Waals surface area (Å²) < 4.78 is 37.5. The summed E-state index contributed by atoms with van der Waals surface area (Å²) in [6.45, 7) is 0. The van der Waals surface area contributed by atoms with Crippen molar-refractivity contribution in [2.75, 3.05) is 0 Å². The van der Waals surface area contributed by atoms with Gasteiger partial charge in [-0.15, -0.1) is 0 Å². The number of aromatic nitrogens is 1. The van der Waals surface area contributed by atoms with Gasteiger partial charge in [-0.25, -0.2) is 0 Å².